The number of amides is 1. The standard InChI is InChI=1S/C25H28F3N7O/c1-12(2)22-32-33-24-31-21(30-14(4)15-7-16(25(26,27)28)9-17(29)8-15)19-10-34(11-20(19)35(22)24)23(36)18-6-5-13(18)3/h7-9,12,14H,5-6,10-11,29H2,1-4H3,(H,30,31,33). The molecule has 36 heavy (non-hydrogen) atoms. The van der Waals surface area contributed by atoms with Crippen LogP contribution in [0.5, 0.6) is 0 Å². The fraction of sp³-hybridized carbons (Fsp3) is 0.440. The summed E-state index contributed by atoms with van der Waals surface area (Å²) in [5.41, 5.74) is 9.01. The van der Waals surface area contributed by atoms with Crippen molar-refractivity contribution in [2.75, 3.05) is 11.1 Å². The minimum atomic E-state index is -4.51. The van der Waals surface area contributed by atoms with Gasteiger partial charge in [-0.05, 0) is 50.5 Å². The summed E-state index contributed by atoms with van der Waals surface area (Å²) in [6, 6.07) is 2.98. The van der Waals surface area contributed by atoms with Crippen LogP contribution in [0.2, 0.25) is 0 Å². The Hall–Kier alpha value is -3.63. The molecule has 0 saturated carbocycles. The molecule has 190 valence electrons. The van der Waals surface area contributed by atoms with Crippen LogP contribution >= 0.6 is 0 Å². The number of carbonyl (C=O) groups excluding carboxylic acids is 1. The minimum absolute atomic E-state index is 0.00641. The topological polar surface area (TPSA) is 101 Å². The van der Waals surface area contributed by atoms with Gasteiger partial charge in [0, 0.05) is 22.7 Å². The number of allylic oxidation sites excluding steroid dienone is 1. The Morgan fingerprint density at radius 2 is 1.86 bits per heavy atom. The molecule has 3 aromatic rings. The molecule has 0 bridgehead atoms. The van der Waals surface area contributed by atoms with E-state index in [1.165, 1.54) is 6.07 Å². The summed E-state index contributed by atoms with van der Waals surface area (Å²) in [6.07, 6.45) is -2.80. The van der Waals surface area contributed by atoms with Crippen LogP contribution in [0.15, 0.2) is 29.3 Å². The first-order valence-electron chi connectivity index (χ1n) is 11.9. The lowest BCUT2D eigenvalue weighted by atomic mass is 9.89. The molecule has 0 radical (unpaired) electrons. The van der Waals surface area contributed by atoms with Crippen LogP contribution in [0.1, 0.15) is 80.7 Å². The largest absolute Gasteiger partial charge is 0.416 e. The van der Waals surface area contributed by atoms with Gasteiger partial charge in [0.15, 0.2) is 0 Å². The van der Waals surface area contributed by atoms with E-state index in [1.807, 2.05) is 25.2 Å². The number of hydrogen-bond donors (Lipinski definition) is 2. The lowest BCUT2D eigenvalue weighted by molar-refractivity contribution is -0.137. The molecular weight excluding hydrogens is 471 g/mol. The Bertz CT molecular complexity index is 1410. The molecule has 1 aliphatic heterocycles. The van der Waals surface area contributed by atoms with E-state index in [0.717, 1.165) is 53.2 Å². The fourth-order valence-corrected chi connectivity index (χ4v) is 4.81. The number of nitrogens with one attached hydrogen (secondary N) is 1. The normalized spacial score (nSPS) is 16.5. The summed E-state index contributed by atoms with van der Waals surface area (Å²) < 4.78 is 42.0. The van der Waals surface area contributed by atoms with Crippen molar-refractivity contribution in [3.8, 4) is 0 Å². The highest BCUT2D eigenvalue weighted by Crippen LogP contribution is 2.37. The number of benzene rings is 1. The van der Waals surface area contributed by atoms with E-state index in [4.69, 9.17) is 5.73 Å². The molecule has 11 heteroatoms. The highest BCUT2D eigenvalue weighted by atomic mass is 19.4. The Kier molecular flexibility index (Phi) is 5.68. The van der Waals surface area contributed by atoms with Crippen molar-refractivity contribution in [2.24, 2.45) is 0 Å². The first-order chi connectivity index (χ1) is 16.9. The maximum Gasteiger partial charge on any atom is 0.416 e. The summed E-state index contributed by atoms with van der Waals surface area (Å²) in [5, 5.41) is 11.8. The van der Waals surface area contributed by atoms with Crippen LogP contribution in [0.3, 0.4) is 0 Å². The maximum atomic E-state index is 13.4. The van der Waals surface area contributed by atoms with E-state index >= 15 is 0 Å². The predicted octanol–water partition coefficient (Wildman–Crippen LogP) is 4.97. The monoisotopic (exact) mass is 499 g/mol. The number of fused-ring (bicyclic) bond motifs is 3. The predicted molar refractivity (Wildman–Crippen MR) is 129 cm³/mol. The zero-order valence-electron chi connectivity index (χ0n) is 20.6. The van der Waals surface area contributed by atoms with Crippen LogP contribution in [-0.4, -0.2) is 30.4 Å². The van der Waals surface area contributed by atoms with Crippen LogP contribution in [-0.2, 0) is 24.1 Å². The lowest BCUT2D eigenvalue weighted by Gasteiger charge is -2.25. The Morgan fingerprint density at radius 1 is 1.11 bits per heavy atom. The first kappa shape index (κ1) is 24.1. The minimum Gasteiger partial charge on any atom is -0.399 e. The van der Waals surface area contributed by atoms with Crippen molar-refractivity contribution in [3.05, 3.63) is 57.6 Å². The number of alkyl halides is 3. The van der Waals surface area contributed by atoms with Gasteiger partial charge < -0.3 is 16.0 Å². The van der Waals surface area contributed by atoms with Gasteiger partial charge in [-0.1, -0.05) is 19.4 Å². The van der Waals surface area contributed by atoms with Crippen molar-refractivity contribution >= 4 is 23.2 Å². The molecule has 3 heterocycles. The Balaban J connectivity index is 1.55. The molecule has 0 saturated heterocycles. The first-order valence-corrected chi connectivity index (χ1v) is 11.9. The zero-order chi connectivity index (χ0) is 25.9. The maximum absolute atomic E-state index is 13.4. The third-order valence-electron chi connectivity index (χ3n) is 6.96. The molecule has 2 aromatic heterocycles. The molecular formula is C25H28F3N7O. The van der Waals surface area contributed by atoms with E-state index in [2.05, 4.69) is 20.5 Å². The van der Waals surface area contributed by atoms with Gasteiger partial charge in [0.05, 0.1) is 30.4 Å². The zero-order valence-corrected chi connectivity index (χ0v) is 20.6. The molecule has 1 aliphatic carbocycles. The summed E-state index contributed by atoms with van der Waals surface area (Å²) in [6.45, 7) is 8.46. The quantitative estimate of drug-likeness (QED) is 0.481. The molecule has 1 unspecified atom stereocenters. The summed E-state index contributed by atoms with van der Waals surface area (Å²) in [5.74, 6) is 1.68. The summed E-state index contributed by atoms with van der Waals surface area (Å²) in [4.78, 5) is 19.6. The smallest absolute Gasteiger partial charge is 0.399 e. The molecule has 1 aromatic carbocycles. The Morgan fingerprint density at radius 3 is 2.47 bits per heavy atom. The second-order valence-corrected chi connectivity index (χ2v) is 9.91. The molecule has 1 atom stereocenters. The molecule has 5 rings (SSSR count). The Labute approximate surface area is 206 Å². The average molecular weight is 500 g/mol. The number of halogens is 3. The summed E-state index contributed by atoms with van der Waals surface area (Å²) in [7, 11) is 0. The van der Waals surface area contributed by atoms with Crippen molar-refractivity contribution in [3.63, 3.8) is 0 Å². The second-order valence-electron chi connectivity index (χ2n) is 9.91. The van der Waals surface area contributed by atoms with Gasteiger partial charge in [0.2, 0.25) is 5.91 Å². The fourth-order valence-electron chi connectivity index (χ4n) is 4.81. The van der Waals surface area contributed by atoms with Gasteiger partial charge in [-0.3, -0.25) is 9.20 Å². The van der Waals surface area contributed by atoms with Crippen LogP contribution in [0.4, 0.5) is 24.7 Å². The van der Waals surface area contributed by atoms with Crippen LogP contribution < -0.4 is 11.1 Å². The van der Waals surface area contributed by atoms with E-state index in [1.54, 1.807) is 11.8 Å². The molecule has 1 amide bonds. The number of nitrogen functional groups attached to an aromatic ring is 1. The van der Waals surface area contributed by atoms with Gasteiger partial charge in [-0.25, -0.2) is 0 Å². The number of aromatic nitrogens is 4. The summed E-state index contributed by atoms with van der Waals surface area (Å²) >= 11 is 0. The van der Waals surface area contributed by atoms with Crippen molar-refractivity contribution in [1.82, 2.24) is 24.5 Å². The molecule has 8 nitrogen and oxygen atoms in total. The lowest BCUT2D eigenvalue weighted by Crippen LogP contribution is -2.30. The highest BCUT2D eigenvalue weighted by Gasteiger charge is 2.35. The number of carbonyl (C=O) groups is 1. The van der Waals surface area contributed by atoms with E-state index in [0.29, 0.717) is 30.2 Å². The molecule has 2 aliphatic rings. The van der Waals surface area contributed by atoms with Gasteiger partial charge in [0.25, 0.3) is 5.78 Å². The van der Waals surface area contributed by atoms with E-state index in [-0.39, 0.29) is 17.5 Å². The second kappa shape index (κ2) is 8.49. The van der Waals surface area contributed by atoms with Crippen molar-refractivity contribution in [1.29, 1.82) is 0 Å². The van der Waals surface area contributed by atoms with E-state index in [9.17, 15) is 18.0 Å². The van der Waals surface area contributed by atoms with Crippen LogP contribution in [0.25, 0.3) is 5.78 Å². The van der Waals surface area contributed by atoms with Gasteiger partial charge >= 0.3 is 6.18 Å². The number of rotatable bonds is 5. The van der Waals surface area contributed by atoms with Crippen molar-refractivity contribution < 1.29 is 18.0 Å². The highest BCUT2D eigenvalue weighted by molar-refractivity contribution is 5.96. The number of nitrogens with two attached hydrogens (primary N) is 1. The molecule has 0 fully saturated rings. The van der Waals surface area contributed by atoms with E-state index < -0.39 is 17.8 Å². The van der Waals surface area contributed by atoms with Gasteiger partial charge in [0.1, 0.15) is 11.6 Å². The third-order valence-corrected chi connectivity index (χ3v) is 6.96. The van der Waals surface area contributed by atoms with Gasteiger partial charge in [-0.2, -0.15) is 18.2 Å². The van der Waals surface area contributed by atoms with Crippen molar-refractivity contribution in [2.45, 2.75) is 71.8 Å². The number of hydrogen-bond acceptors (Lipinski definition) is 6. The number of anilines is 2. The number of nitrogens with zero attached hydrogens (tertiary/aromatic N) is 5. The third kappa shape index (κ3) is 4.06. The average Bonchev–Trinajstić information content (AvgIpc) is 3.41. The molecule has 0 spiro atoms. The van der Waals surface area contributed by atoms with Gasteiger partial charge in [-0.15, -0.1) is 10.2 Å². The SMILES string of the molecule is CC1=C(C(=O)N2Cc3c(NC(C)c4cc(N)cc(C(F)(F)F)c4)nc4nnc(C(C)C)n4c3C2)CC1. The molecule has 3 N–H and O–H groups in total. The van der Waals surface area contributed by atoms with Crippen LogP contribution in [0, 0.1) is 0 Å².